The molecule has 0 saturated carbocycles. The van der Waals surface area contributed by atoms with Gasteiger partial charge in [-0.1, -0.05) is 12.1 Å². The van der Waals surface area contributed by atoms with Crippen molar-refractivity contribution in [3.8, 4) is 0 Å². The summed E-state index contributed by atoms with van der Waals surface area (Å²) in [5.41, 5.74) is 1.65. The number of benzene rings is 1. The Labute approximate surface area is 120 Å². The Bertz CT molecular complexity index is 600. The normalized spacial score (nSPS) is 10.5. The molecule has 0 bridgehead atoms. The fraction of sp³-hybridized carbons (Fsp3) is 0.286. The molecule has 2 aromatic rings. The summed E-state index contributed by atoms with van der Waals surface area (Å²) < 4.78 is 13.1. The zero-order valence-electron chi connectivity index (χ0n) is 11.0. The molecule has 1 aromatic carbocycles. The molecule has 6 heteroatoms. The van der Waals surface area contributed by atoms with Crippen LogP contribution in [-0.4, -0.2) is 23.1 Å². The Balaban J connectivity index is 1.98. The first kappa shape index (κ1) is 14.5. The lowest BCUT2D eigenvalue weighted by Crippen LogP contribution is -2.16. The van der Waals surface area contributed by atoms with E-state index < -0.39 is 5.97 Å². The topological polar surface area (TPSA) is 53.4 Å². The van der Waals surface area contributed by atoms with Gasteiger partial charge in [0.25, 0.3) is 0 Å². The number of hydrogen-bond donors (Lipinski definition) is 1. The highest BCUT2D eigenvalue weighted by Crippen LogP contribution is 2.22. The van der Waals surface area contributed by atoms with Gasteiger partial charge in [0.2, 0.25) is 0 Å². The molecule has 0 aliphatic carbocycles. The third kappa shape index (κ3) is 4.03. The van der Waals surface area contributed by atoms with E-state index in [0.29, 0.717) is 13.0 Å². The molecule has 0 saturated heterocycles. The smallest absolute Gasteiger partial charge is 0.303 e. The molecule has 0 atom stereocenters. The van der Waals surface area contributed by atoms with Crippen molar-refractivity contribution in [2.75, 3.05) is 11.9 Å². The lowest BCUT2D eigenvalue weighted by Gasteiger charge is -2.15. The third-order valence-electron chi connectivity index (χ3n) is 2.77. The van der Waals surface area contributed by atoms with Crippen molar-refractivity contribution in [3.05, 3.63) is 46.7 Å². The van der Waals surface area contributed by atoms with Crippen LogP contribution < -0.4 is 4.90 Å². The average Bonchev–Trinajstić information content (AvgIpc) is 2.85. The number of carboxylic acid groups (broad SMARTS) is 1. The summed E-state index contributed by atoms with van der Waals surface area (Å²) in [4.78, 5) is 16.8. The van der Waals surface area contributed by atoms with Crippen molar-refractivity contribution >= 4 is 22.4 Å². The molecule has 20 heavy (non-hydrogen) atoms. The Morgan fingerprint density at radius 1 is 1.50 bits per heavy atom. The number of aliphatic carboxylic acids is 1. The number of hydrogen-bond acceptors (Lipinski definition) is 4. The summed E-state index contributed by atoms with van der Waals surface area (Å²) >= 11 is 1.46. The van der Waals surface area contributed by atoms with E-state index in [2.05, 4.69) is 4.98 Å². The fourth-order valence-electron chi connectivity index (χ4n) is 1.80. The molecule has 0 aliphatic heterocycles. The van der Waals surface area contributed by atoms with Crippen molar-refractivity contribution in [1.82, 2.24) is 4.98 Å². The molecule has 0 spiro atoms. The van der Waals surface area contributed by atoms with Crippen LogP contribution in [0.5, 0.6) is 0 Å². The first-order valence-corrected chi connectivity index (χ1v) is 7.04. The van der Waals surface area contributed by atoms with Gasteiger partial charge in [0, 0.05) is 25.4 Å². The summed E-state index contributed by atoms with van der Waals surface area (Å²) in [7, 11) is 1.88. The van der Waals surface area contributed by atoms with E-state index in [4.69, 9.17) is 5.11 Å². The molecule has 1 aromatic heterocycles. The van der Waals surface area contributed by atoms with E-state index in [1.165, 1.54) is 23.5 Å². The number of halogens is 1. The molecular formula is C14H15FN2O2S. The van der Waals surface area contributed by atoms with Gasteiger partial charge in [-0.2, -0.15) is 0 Å². The number of aryl methyl sites for hydroxylation is 1. The average molecular weight is 294 g/mol. The fourth-order valence-corrected chi connectivity index (χ4v) is 2.62. The zero-order chi connectivity index (χ0) is 14.5. The predicted octanol–water partition coefficient (Wildman–Crippen LogP) is 2.94. The SMILES string of the molecule is CN(Cc1cccc(F)c1)c1nc(CCC(=O)O)cs1. The summed E-state index contributed by atoms with van der Waals surface area (Å²) in [6, 6.07) is 6.45. The van der Waals surface area contributed by atoms with E-state index in [9.17, 15) is 9.18 Å². The summed E-state index contributed by atoms with van der Waals surface area (Å²) in [6.45, 7) is 0.559. The third-order valence-corrected chi connectivity index (χ3v) is 3.77. The Hall–Kier alpha value is -1.95. The first-order chi connectivity index (χ1) is 9.54. The van der Waals surface area contributed by atoms with Gasteiger partial charge in [-0.3, -0.25) is 4.79 Å². The minimum Gasteiger partial charge on any atom is -0.481 e. The van der Waals surface area contributed by atoms with Crippen molar-refractivity contribution in [2.24, 2.45) is 0 Å². The molecular weight excluding hydrogens is 279 g/mol. The highest BCUT2D eigenvalue weighted by Gasteiger charge is 2.09. The Morgan fingerprint density at radius 3 is 3.00 bits per heavy atom. The second-order valence-corrected chi connectivity index (χ2v) is 5.34. The van der Waals surface area contributed by atoms with Crippen LogP contribution in [0.2, 0.25) is 0 Å². The Kier molecular flexibility index (Phi) is 4.68. The maximum atomic E-state index is 13.1. The molecule has 0 fully saturated rings. The summed E-state index contributed by atoms with van der Waals surface area (Å²) in [5.74, 6) is -1.08. The predicted molar refractivity (Wildman–Crippen MR) is 76.6 cm³/mol. The van der Waals surface area contributed by atoms with Crippen LogP contribution in [0.25, 0.3) is 0 Å². The summed E-state index contributed by atoms with van der Waals surface area (Å²) in [6.07, 6.45) is 0.510. The maximum Gasteiger partial charge on any atom is 0.303 e. The molecule has 0 radical (unpaired) electrons. The van der Waals surface area contributed by atoms with Crippen molar-refractivity contribution < 1.29 is 14.3 Å². The van der Waals surface area contributed by atoms with Crippen LogP contribution in [0, 0.1) is 5.82 Å². The van der Waals surface area contributed by atoms with E-state index >= 15 is 0 Å². The van der Waals surface area contributed by atoms with E-state index in [1.807, 2.05) is 23.4 Å². The van der Waals surface area contributed by atoms with E-state index in [-0.39, 0.29) is 12.2 Å². The largest absolute Gasteiger partial charge is 0.481 e. The number of carboxylic acids is 1. The van der Waals surface area contributed by atoms with Crippen molar-refractivity contribution in [3.63, 3.8) is 0 Å². The second-order valence-electron chi connectivity index (χ2n) is 4.50. The number of carbonyl (C=O) groups is 1. The monoisotopic (exact) mass is 294 g/mol. The lowest BCUT2D eigenvalue weighted by molar-refractivity contribution is -0.136. The first-order valence-electron chi connectivity index (χ1n) is 6.16. The summed E-state index contributed by atoms with van der Waals surface area (Å²) in [5, 5.41) is 11.3. The Morgan fingerprint density at radius 2 is 2.30 bits per heavy atom. The van der Waals surface area contributed by atoms with Gasteiger partial charge in [-0.25, -0.2) is 9.37 Å². The lowest BCUT2D eigenvalue weighted by atomic mass is 10.2. The van der Waals surface area contributed by atoms with Crippen LogP contribution in [0.4, 0.5) is 9.52 Å². The molecule has 0 aliphatic rings. The van der Waals surface area contributed by atoms with Gasteiger partial charge in [-0.15, -0.1) is 11.3 Å². The molecule has 0 amide bonds. The number of thiazole rings is 1. The van der Waals surface area contributed by atoms with Gasteiger partial charge in [0.15, 0.2) is 5.13 Å². The minimum absolute atomic E-state index is 0.0801. The zero-order valence-corrected chi connectivity index (χ0v) is 11.9. The van der Waals surface area contributed by atoms with Crippen LogP contribution >= 0.6 is 11.3 Å². The van der Waals surface area contributed by atoms with Gasteiger partial charge in [-0.05, 0) is 17.7 Å². The molecule has 4 nitrogen and oxygen atoms in total. The van der Waals surface area contributed by atoms with Gasteiger partial charge in [0.05, 0.1) is 12.1 Å². The molecule has 1 heterocycles. The number of aromatic nitrogens is 1. The van der Waals surface area contributed by atoms with Crippen molar-refractivity contribution in [2.45, 2.75) is 19.4 Å². The van der Waals surface area contributed by atoms with Crippen LogP contribution in [-0.2, 0) is 17.8 Å². The highest BCUT2D eigenvalue weighted by atomic mass is 32.1. The minimum atomic E-state index is -0.826. The molecule has 106 valence electrons. The number of rotatable bonds is 6. The number of nitrogens with zero attached hydrogens (tertiary/aromatic N) is 2. The second kappa shape index (κ2) is 6.47. The highest BCUT2D eigenvalue weighted by molar-refractivity contribution is 7.13. The molecule has 1 N–H and O–H groups in total. The molecule has 2 rings (SSSR count). The van der Waals surface area contributed by atoms with Crippen LogP contribution in [0.3, 0.4) is 0 Å². The van der Waals surface area contributed by atoms with Gasteiger partial charge in [0.1, 0.15) is 5.82 Å². The maximum absolute atomic E-state index is 13.1. The van der Waals surface area contributed by atoms with Gasteiger partial charge < -0.3 is 10.0 Å². The quantitative estimate of drug-likeness (QED) is 0.890. The van der Waals surface area contributed by atoms with Crippen molar-refractivity contribution in [1.29, 1.82) is 0 Å². The number of anilines is 1. The van der Waals surface area contributed by atoms with Gasteiger partial charge >= 0.3 is 5.97 Å². The standard InChI is InChI=1S/C14H15FN2O2S/c1-17(8-10-3-2-4-11(15)7-10)14-16-12(9-20-14)5-6-13(18)19/h2-4,7,9H,5-6,8H2,1H3,(H,18,19). The van der Waals surface area contributed by atoms with Crippen LogP contribution in [0.1, 0.15) is 17.7 Å². The van der Waals surface area contributed by atoms with E-state index in [1.54, 1.807) is 6.07 Å². The molecule has 0 unspecified atom stereocenters. The van der Waals surface area contributed by atoms with E-state index in [0.717, 1.165) is 16.4 Å². The van der Waals surface area contributed by atoms with Crippen LogP contribution in [0.15, 0.2) is 29.6 Å².